The third-order valence-corrected chi connectivity index (χ3v) is 10.1. The lowest BCUT2D eigenvalue weighted by Gasteiger charge is -2.35. The SMILES string of the molecule is CCOC(=S)SC(CCC(=O)OCc1ccccc1)CC[C@@H]1NC(=O)[C@H]2CCCN2C(=O)[C@H](Cc2ccccc2)NC(=O)C(C)(C)NC1=O. The summed E-state index contributed by atoms with van der Waals surface area (Å²) in [5.41, 5.74) is 0.344. The fourth-order valence-electron chi connectivity index (χ4n) is 5.87. The minimum atomic E-state index is -1.40. The molecule has 0 aliphatic carbocycles. The van der Waals surface area contributed by atoms with Crippen LogP contribution in [-0.2, 0) is 46.5 Å². The Kier molecular flexibility index (Phi) is 14.0. The van der Waals surface area contributed by atoms with Gasteiger partial charge in [-0.2, -0.15) is 0 Å². The number of hydrogen-bond acceptors (Lipinski definition) is 9. The fraction of sp³-hybridized carbons (Fsp3) is 0.500. The van der Waals surface area contributed by atoms with Crippen molar-refractivity contribution in [1.29, 1.82) is 0 Å². The summed E-state index contributed by atoms with van der Waals surface area (Å²) in [6.45, 7) is 5.87. The van der Waals surface area contributed by atoms with E-state index in [1.807, 2.05) is 67.6 Å². The number of rotatable bonds is 12. The molecule has 2 aliphatic heterocycles. The topological polar surface area (TPSA) is 143 Å². The molecule has 11 nitrogen and oxygen atoms in total. The number of amides is 4. The van der Waals surface area contributed by atoms with E-state index in [0.29, 0.717) is 43.2 Å². The second kappa shape index (κ2) is 18.1. The van der Waals surface area contributed by atoms with Crippen LogP contribution in [0.2, 0.25) is 0 Å². The Bertz CT molecular complexity index is 1470. The van der Waals surface area contributed by atoms with Gasteiger partial charge >= 0.3 is 5.97 Å². The highest BCUT2D eigenvalue weighted by Gasteiger charge is 2.42. The van der Waals surface area contributed by atoms with Crippen molar-refractivity contribution >= 4 is 58.0 Å². The summed E-state index contributed by atoms with van der Waals surface area (Å²) < 4.78 is 11.3. The van der Waals surface area contributed by atoms with Gasteiger partial charge in [-0.1, -0.05) is 72.4 Å². The summed E-state index contributed by atoms with van der Waals surface area (Å²) in [5.74, 6) is -2.16. The smallest absolute Gasteiger partial charge is 0.306 e. The molecular weight excluding hydrogens is 665 g/mol. The number of hydrogen-bond donors (Lipinski definition) is 3. The molecule has 13 heteroatoms. The fourth-order valence-corrected chi connectivity index (χ4v) is 7.35. The van der Waals surface area contributed by atoms with Crippen LogP contribution in [0.15, 0.2) is 60.7 Å². The predicted octanol–water partition coefficient (Wildman–Crippen LogP) is 3.83. The molecule has 1 unspecified atom stereocenters. The molecule has 2 saturated heterocycles. The van der Waals surface area contributed by atoms with Crippen LogP contribution in [0, 0.1) is 0 Å². The Hall–Kier alpha value is -3.97. The van der Waals surface area contributed by atoms with Crippen LogP contribution in [0.25, 0.3) is 0 Å². The Morgan fingerprint density at radius 2 is 1.61 bits per heavy atom. The van der Waals surface area contributed by atoms with Gasteiger partial charge in [0.05, 0.1) is 6.61 Å². The summed E-state index contributed by atoms with van der Waals surface area (Å²) >= 11 is 6.68. The monoisotopic (exact) mass is 710 g/mol. The standard InChI is InChI=1S/C36H46N4O7S2/c1-4-46-35(48)49-26(18-20-30(41)47-23-25-14-9-6-10-15-25)17-19-27-31(42)39-36(2,3)34(45)38-28(22-24-12-7-5-8-13-24)33(44)40-21-11-16-29(40)32(43)37-27/h5-10,12-15,26-29H,4,11,16-23H2,1-3H3,(H,37,43)(H,38,45)(H,39,42)/t26?,27-,28-,29+/m0/s1. The molecule has 2 aliphatic rings. The molecule has 0 saturated carbocycles. The van der Waals surface area contributed by atoms with Gasteiger partial charge in [0.15, 0.2) is 0 Å². The summed E-state index contributed by atoms with van der Waals surface area (Å²) in [4.78, 5) is 69.1. The Balaban J connectivity index is 1.48. The number of thiocarbonyl (C=S) groups is 1. The number of thioether (sulfide) groups is 1. The van der Waals surface area contributed by atoms with Crippen molar-refractivity contribution in [2.45, 2.75) is 101 Å². The molecule has 3 N–H and O–H groups in total. The van der Waals surface area contributed by atoms with E-state index in [4.69, 9.17) is 21.7 Å². The number of esters is 1. The molecule has 0 spiro atoms. The third kappa shape index (κ3) is 11.3. The predicted molar refractivity (Wildman–Crippen MR) is 191 cm³/mol. The number of ether oxygens (including phenoxy) is 2. The summed E-state index contributed by atoms with van der Waals surface area (Å²) in [6.07, 6.45) is 2.40. The second-order valence-electron chi connectivity index (χ2n) is 12.8. The van der Waals surface area contributed by atoms with Gasteiger partial charge in [-0.15, -0.1) is 0 Å². The van der Waals surface area contributed by atoms with Crippen molar-refractivity contribution < 1.29 is 33.4 Å². The van der Waals surface area contributed by atoms with Crippen LogP contribution >= 0.6 is 24.0 Å². The number of nitrogens with one attached hydrogen (secondary N) is 3. The highest BCUT2D eigenvalue weighted by Crippen LogP contribution is 2.26. The molecular formula is C36H46N4O7S2. The number of carbonyl (C=O) groups excluding carboxylic acids is 5. The number of nitrogens with zero attached hydrogens (tertiary/aromatic N) is 1. The normalized spacial score (nSPS) is 21.6. The Morgan fingerprint density at radius 1 is 0.939 bits per heavy atom. The lowest BCUT2D eigenvalue weighted by Crippen LogP contribution is -2.64. The minimum absolute atomic E-state index is 0.124. The van der Waals surface area contributed by atoms with Crippen molar-refractivity contribution in [2.75, 3.05) is 13.2 Å². The zero-order valence-corrected chi connectivity index (χ0v) is 29.9. The van der Waals surface area contributed by atoms with E-state index < -0.39 is 41.4 Å². The average Bonchev–Trinajstić information content (AvgIpc) is 3.58. The molecule has 0 radical (unpaired) electrons. The van der Waals surface area contributed by atoms with E-state index in [9.17, 15) is 24.0 Å². The van der Waals surface area contributed by atoms with Crippen LogP contribution in [-0.4, -0.2) is 80.9 Å². The highest BCUT2D eigenvalue weighted by atomic mass is 32.2. The van der Waals surface area contributed by atoms with Crippen molar-refractivity contribution in [3.63, 3.8) is 0 Å². The van der Waals surface area contributed by atoms with Gasteiger partial charge in [-0.25, -0.2) is 0 Å². The molecule has 0 aromatic heterocycles. The molecule has 4 atom stereocenters. The first-order valence-corrected chi connectivity index (χ1v) is 18.1. The highest BCUT2D eigenvalue weighted by molar-refractivity contribution is 8.23. The molecule has 264 valence electrons. The van der Waals surface area contributed by atoms with E-state index in [2.05, 4.69) is 16.0 Å². The average molecular weight is 711 g/mol. The first kappa shape index (κ1) is 37.8. The molecule has 4 rings (SSSR count). The van der Waals surface area contributed by atoms with Gasteiger partial charge in [0.1, 0.15) is 30.3 Å². The van der Waals surface area contributed by atoms with Crippen LogP contribution in [0.5, 0.6) is 0 Å². The van der Waals surface area contributed by atoms with Crippen molar-refractivity contribution in [1.82, 2.24) is 20.9 Å². The molecule has 0 bridgehead atoms. The zero-order chi connectivity index (χ0) is 35.4. The largest absolute Gasteiger partial charge is 0.479 e. The Morgan fingerprint density at radius 3 is 2.29 bits per heavy atom. The van der Waals surface area contributed by atoms with Crippen molar-refractivity contribution in [3.8, 4) is 0 Å². The van der Waals surface area contributed by atoms with Gasteiger partial charge in [0.2, 0.25) is 28.0 Å². The van der Waals surface area contributed by atoms with Crippen molar-refractivity contribution in [2.24, 2.45) is 0 Å². The van der Waals surface area contributed by atoms with Crippen LogP contribution < -0.4 is 16.0 Å². The quantitative estimate of drug-likeness (QED) is 0.221. The summed E-state index contributed by atoms with van der Waals surface area (Å²) in [6, 6.07) is 16.0. The first-order chi connectivity index (χ1) is 23.5. The van der Waals surface area contributed by atoms with Gasteiger partial charge in [-0.3, -0.25) is 24.0 Å². The van der Waals surface area contributed by atoms with Gasteiger partial charge < -0.3 is 30.3 Å². The molecule has 2 aromatic carbocycles. The van der Waals surface area contributed by atoms with E-state index in [0.717, 1.165) is 11.1 Å². The Labute approximate surface area is 297 Å². The van der Waals surface area contributed by atoms with Crippen molar-refractivity contribution in [3.05, 3.63) is 71.8 Å². The van der Waals surface area contributed by atoms with E-state index in [1.54, 1.807) is 13.8 Å². The van der Waals surface area contributed by atoms with E-state index in [-0.39, 0.29) is 43.0 Å². The molecule has 2 heterocycles. The zero-order valence-electron chi connectivity index (χ0n) is 28.3. The summed E-state index contributed by atoms with van der Waals surface area (Å²) in [5, 5.41) is 8.33. The first-order valence-electron chi connectivity index (χ1n) is 16.8. The number of fused-ring (bicyclic) bond motifs is 1. The maximum Gasteiger partial charge on any atom is 0.306 e. The van der Waals surface area contributed by atoms with Crippen LogP contribution in [0.3, 0.4) is 0 Å². The minimum Gasteiger partial charge on any atom is -0.479 e. The maximum atomic E-state index is 13.9. The summed E-state index contributed by atoms with van der Waals surface area (Å²) in [7, 11) is 0. The molecule has 4 amide bonds. The third-order valence-electron chi connectivity index (χ3n) is 8.58. The lowest BCUT2D eigenvalue weighted by atomic mass is 9.98. The van der Waals surface area contributed by atoms with Gasteiger partial charge in [0.25, 0.3) is 0 Å². The van der Waals surface area contributed by atoms with E-state index >= 15 is 0 Å². The molecule has 49 heavy (non-hydrogen) atoms. The van der Waals surface area contributed by atoms with Gasteiger partial charge in [0, 0.05) is 24.6 Å². The van der Waals surface area contributed by atoms with Gasteiger partial charge in [-0.05, 0) is 76.2 Å². The molecule has 2 aromatic rings. The maximum absolute atomic E-state index is 13.9. The number of carbonyl (C=O) groups is 5. The van der Waals surface area contributed by atoms with Crippen LogP contribution in [0.4, 0.5) is 0 Å². The molecule has 2 fully saturated rings. The second-order valence-corrected chi connectivity index (χ2v) is 14.7. The number of benzene rings is 2. The van der Waals surface area contributed by atoms with E-state index in [1.165, 1.54) is 16.7 Å². The lowest BCUT2D eigenvalue weighted by molar-refractivity contribution is -0.145. The van der Waals surface area contributed by atoms with Crippen LogP contribution in [0.1, 0.15) is 70.4 Å².